The van der Waals surface area contributed by atoms with Crippen LogP contribution >= 0.6 is 11.3 Å². The highest BCUT2D eigenvalue weighted by Gasteiger charge is 2.16. The van der Waals surface area contributed by atoms with Gasteiger partial charge in [0.2, 0.25) is 0 Å². The van der Waals surface area contributed by atoms with Gasteiger partial charge in [-0.2, -0.15) is 0 Å². The molecule has 2 aromatic heterocycles. The van der Waals surface area contributed by atoms with E-state index in [1.165, 1.54) is 17.4 Å². The van der Waals surface area contributed by atoms with E-state index >= 15 is 0 Å². The lowest BCUT2D eigenvalue weighted by Crippen LogP contribution is -1.88. The van der Waals surface area contributed by atoms with Crippen LogP contribution in [0.3, 0.4) is 0 Å². The Morgan fingerprint density at radius 2 is 1.87 bits per heavy atom. The van der Waals surface area contributed by atoms with Gasteiger partial charge >= 0.3 is 0 Å². The minimum atomic E-state index is -0.302. The number of pyridine rings is 1. The van der Waals surface area contributed by atoms with Gasteiger partial charge in [0.05, 0.1) is 10.6 Å². The van der Waals surface area contributed by atoms with Crippen LogP contribution in [0.5, 0.6) is 0 Å². The molecule has 0 amide bonds. The van der Waals surface area contributed by atoms with Crippen LogP contribution in [-0.4, -0.2) is 9.97 Å². The number of nitrogens with two attached hydrogens (primary N) is 1. The number of fused-ring (bicyclic) bond motifs is 1. The summed E-state index contributed by atoms with van der Waals surface area (Å²) in [7, 11) is 0. The van der Waals surface area contributed by atoms with Gasteiger partial charge in [0.15, 0.2) is 5.13 Å². The molecule has 3 nitrogen and oxygen atoms in total. The molecule has 112 valence electrons. The third-order valence-corrected chi connectivity index (χ3v) is 4.61. The third kappa shape index (κ3) is 2.45. The third-order valence-electron chi connectivity index (χ3n) is 3.68. The molecular weight excluding hydrogens is 309 g/mol. The predicted molar refractivity (Wildman–Crippen MR) is 92.7 cm³/mol. The Labute approximate surface area is 136 Å². The summed E-state index contributed by atoms with van der Waals surface area (Å²) in [4.78, 5) is 9.33. The summed E-state index contributed by atoms with van der Waals surface area (Å²) in [5.41, 5.74) is 7.91. The van der Waals surface area contributed by atoms with Crippen LogP contribution in [-0.2, 0) is 0 Å². The number of hydrogen-bond acceptors (Lipinski definition) is 4. The molecule has 0 aliphatic heterocycles. The first-order chi connectivity index (χ1) is 11.2. The van der Waals surface area contributed by atoms with Crippen LogP contribution in [0.2, 0.25) is 0 Å². The van der Waals surface area contributed by atoms with Crippen LogP contribution < -0.4 is 5.73 Å². The average Bonchev–Trinajstić information content (AvgIpc) is 2.96. The van der Waals surface area contributed by atoms with Gasteiger partial charge in [-0.25, -0.2) is 9.37 Å². The topological polar surface area (TPSA) is 51.8 Å². The lowest BCUT2D eigenvalue weighted by molar-refractivity contribution is 0.631. The van der Waals surface area contributed by atoms with Crippen molar-refractivity contribution in [2.24, 2.45) is 0 Å². The van der Waals surface area contributed by atoms with Gasteiger partial charge in [-0.15, -0.1) is 0 Å². The molecule has 0 bridgehead atoms. The number of hydrogen-bond donors (Lipinski definition) is 1. The van der Waals surface area contributed by atoms with Gasteiger partial charge in [0.1, 0.15) is 5.82 Å². The van der Waals surface area contributed by atoms with Crippen molar-refractivity contribution in [3.63, 3.8) is 0 Å². The molecule has 4 rings (SSSR count). The van der Waals surface area contributed by atoms with Gasteiger partial charge < -0.3 is 5.73 Å². The number of aromatic nitrogens is 2. The maximum absolute atomic E-state index is 14.1. The molecule has 23 heavy (non-hydrogen) atoms. The maximum Gasteiger partial charge on any atom is 0.181 e. The van der Waals surface area contributed by atoms with Crippen LogP contribution in [0.1, 0.15) is 0 Å². The molecule has 0 saturated carbocycles. The Balaban J connectivity index is 1.93. The number of benzene rings is 2. The zero-order valence-corrected chi connectivity index (χ0v) is 12.8. The van der Waals surface area contributed by atoms with Crippen molar-refractivity contribution >= 4 is 27.2 Å². The zero-order chi connectivity index (χ0) is 15.8. The first-order valence-corrected chi connectivity index (χ1v) is 7.89. The maximum atomic E-state index is 14.1. The highest BCUT2D eigenvalue weighted by molar-refractivity contribution is 7.19. The van der Waals surface area contributed by atoms with E-state index in [-0.39, 0.29) is 5.82 Å². The molecule has 0 spiro atoms. The van der Waals surface area contributed by atoms with Crippen LogP contribution in [0.4, 0.5) is 9.52 Å². The van der Waals surface area contributed by atoms with E-state index in [0.717, 1.165) is 21.2 Å². The molecule has 0 unspecified atom stereocenters. The van der Waals surface area contributed by atoms with Crippen molar-refractivity contribution in [3.8, 4) is 21.7 Å². The number of nitrogens with zero attached hydrogens (tertiary/aromatic N) is 2. The van der Waals surface area contributed by atoms with Crippen molar-refractivity contribution in [1.29, 1.82) is 0 Å². The van der Waals surface area contributed by atoms with E-state index in [1.54, 1.807) is 24.4 Å². The highest BCUT2D eigenvalue weighted by atomic mass is 32.1. The molecule has 4 aromatic rings. The molecule has 5 heteroatoms. The second-order valence-corrected chi connectivity index (χ2v) is 6.18. The second kappa shape index (κ2) is 5.44. The summed E-state index contributed by atoms with van der Waals surface area (Å²) in [6.07, 6.45) is 3.57. The van der Waals surface area contributed by atoms with Gasteiger partial charge in [-0.3, -0.25) is 4.98 Å². The average molecular weight is 321 g/mol. The number of thiazole rings is 1. The molecule has 2 N–H and O–H groups in total. The van der Waals surface area contributed by atoms with Crippen molar-refractivity contribution < 1.29 is 4.39 Å². The van der Waals surface area contributed by atoms with Crippen molar-refractivity contribution in [2.45, 2.75) is 0 Å². The summed E-state index contributed by atoms with van der Waals surface area (Å²) in [5.74, 6) is -0.302. The minimum Gasteiger partial charge on any atom is -0.375 e. The van der Waals surface area contributed by atoms with E-state index in [9.17, 15) is 4.39 Å². The monoisotopic (exact) mass is 321 g/mol. The van der Waals surface area contributed by atoms with Crippen molar-refractivity contribution in [3.05, 3.63) is 66.7 Å². The number of rotatable bonds is 2. The van der Waals surface area contributed by atoms with Crippen molar-refractivity contribution in [1.82, 2.24) is 9.97 Å². The van der Waals surface area contributed by atoms with Crippen LogP contribution in [0.25, 0.3) is 32.5 Å². The second-order valence-electron chi connectivity index (χ2n) is 5.15. The summed E-state index contributed by atoms with van der Waals surface area (Å²) in [6, 6.07) is 14.6. The van der Waals surface area contributed by atoms with E-state index < -0.39 is 0 Å². The van der Waals surface area contributed by atoms with Crippen LogP contribution in [0.15, 0.2) is 60.9 Å². The normalized spacial score (nSPS) is 11.0. The molecule has 0 radical (unpaired) electrons. The van der Waals surface area contributed by atoms with E-state index in [2.05, 4.69) is 9.97 Å². The SMILES string of the molecule is Nc1nc(-c2ccccc2F)c(-c2ccc3cnccc3c2)s1. The summed E-state index contributed by atoms with van der Waals surface area (Å²) in [6.45, 7) is 0. The highest BCUT2D eigenvalue weighted by Crippen LogP contribution is 2.39. The summed E-state index contributed by atoms with van der Waals surface area (Å²) >= 11 is 1.36. The molecular formula is C18H12FN3S. The number of nitrogen functional groups attached to an aromatic ring is 1. The quantitative estimate of drug-likeness (QED) is 0.580. The Bertz CT molecular complexity index is 1010. The lowest BCUT2D eigenvalue weighted by atomic mass is 10.0. The molecule has 0 atom stereocenters. The lowest BCUT2D eigenvalue weighted by Gasteiger charge is -2.05. The zero-order valence-electron chi connectivity index (χ0n) is 12.0. The van der Waals surface area contributed by atoms with Crippen molar-refractivity contribution in [2.75, 3.05) is 5.73 Å². The Morgan fingerprint density at radius 3 is 2.74 bits per heavy atom. The fourth-order valence-electron chi connectivity index (χ4n) is 2.59. The predicted octanol–water partition coefficient (Wildman–Crippen LogP) is 4.75. The first-order valence-electron chi connectivity index (χ1n) is 7.08. The fraction of sp³-hybridized carbons (Fsp3) is 0. The van der Waals surface area contributed by atoms with Crippen LogP contribution in [0, 0.1) is 5.82 Å². The van der Waals surface area contributed by atoms with E-state index in [0.29, 0.717) is 16.4 Å². The number of anilines is 1. The molecule has 0 saturated heterocycles. The fourth-order valence-corrected chi connectivity index (χ4v) is 3.44. The van der Waals surface area contributed by atoms with Gasteiger partial charge in [-0.05, 0) is 35.2 Å². The minimum absolute atomic E-state index is 0.302. The standard InChI is InChI=1S/C18H12FN3S/c19-15-4-2-1-3-14(15)16-17(23-18(20)22-16)12-5-6-13-10-21-8-7-11(13)9-12/h1-10H,(H2,20,22). The Hall–Kier alpha value is -2.79. The van der Waals surface area contributed by atoms with E-state index in [1.807, 2.05) is 30.5 Å². The molecule has 2 aromatic carbocycles. The summed E-state index contributed by atoms with van der Waals surface area (Å²) in [5, 5.41) is 2.55. The van der Waals surface area contributed by atoms with Gasteiger partial charge in [0, 0.05) is 23.3 Å². The smallest absolute Gasteiger partial charge is 0.181 e. The van der Waals surface area contributed by atoms with Gasteiger partial charge in [0.25, 0.3) is 0 Å². The Morgan fingerprint density at radius 1 is 1.00 bits per heavy atom. The molecule has 0 fully saturated rings. The Kier molecular flexibility index (Phi) is 3.28. The first kappa shape index (κ1) is 13.8. The summed E-state index contributed by atoms with van der Waals surface area (Å²) < 4.78 is 14.1. The molecule has 0 aliphatic rings. The van der Waals surface area contributed by atoms with Gasteiger partial charge in [-0.1, -0.05) is 35.6 Å². The van der Waals surface area contributed by atoms with E-state index in [4.69, 9.17) is 5.73 Å². The molecule has 2 heterocycles. The number of halogens is 1. The molecule has 0 aliphatic carbocycles. The largest absolute Gasteiger partial charge is 0.375 e.